The molecule has 0 saturated carbocycles. The Hall–Kier alpha value is -1.78. The third-order valence-corrected chi connectivity index (χ3v) is 3.48. The lowest BCUT2D eigenvalue weighted by atomic mass is 10.1. The van der Waals surface area contributed by atoms with E-state index in [0.717, 1.165) is 12.8 Å². The standard InChI is InChI=1S/C15H23FN2O2/c1-5-10(6-2)18(4)14-8-11(15(19)20-7-3)13(17)9-12(14)16/h8-10H,5-7,17H2,1-4H3. The molecule has 0 unspecified atom stereocenters. The third-order valence-electron chi connectivity index (χ3n) is 3.48. The number of nitrogen functional groups attached to an aromatic ring is 1. The Balaban J connectivity index is 3.20. The van der Waals surface area contributed by atoms with E-state index in [1.54, 1.807) is 6.92 Å². The molecule has 0 saturated heterocycles. The van der Waals surface area contributed by atoms with Gasteiger partial charge in [0.15, 0.2) is 0 Å². The summed E-state index contributed by atoms with van der Waals surface area (Å²) in [5.74, 6) is -0.950. The van der Waals surface area contributed by atoms with Crippen LogP contribution in [0.5, 0.6) is 0 Å². The topological polar surface area (TPSA) is 55.6 Å². The second kappa shape index (κ2) is 7.12. The summed E-state index contributed by atoms with van der Waals surface area (Å²) in [6, 6.07) is 2.87. The fourth-order valence-electron chi connectivity index (χ4n) is 2.27. The van der Waals surface area contributed by atoms with Crippen LogP contribution in [0.3, 0.4) is 0 Å². The molecule has 2 N–H and O–H groups in total. The minimum atomic E-state index is -0.524. The lowest BCUT2D eigenvalue weighted by molar-refractivity contribution is 0.0527. The van der Waals surface area contributed by atoms with Gasteiger partial charge in [-0.25, -0.2) is 9.18 Å². The Labute approximate surface area is 119 Å². The molecule has 4 nitrogen and oxygen atoms in total. The highest BCUT2D eigenvalue weighted by molar-refractivity contribution is 5.96. The molecule has 0 aliphatic rings. The number of carbonyl (C=O) groups excluding carboxylic acids is 1. The maximum Gasteiger partial charge on any atom is 0.340 e. The van der Waals surface area contributed by atoms with Gasteiger partial charge in [-0.15, -0.1) is 0 Å². The van der Waals surface area contributed by atoms with E-state index in [-0.39, 0.29) is 23.9 Å². The van der Waals surface area contributed by atoms with Crippen molar-refractivity contribution >= 4 is 17.3 Å². The number of anilines is 2. The molecule has 0 aromatic heterocycles. The Morgan fingerprint density at radius 1 is 1.35 bits per heavy atom. The molecule has 0 aliphatic carbocycles. The zero-order valence-corrected chi connectivity index (χ0v) is 12.6. The normalized spacial score (nSPS) is 10.7. The average molecular weight is 282 g/mol. The van der Waals surface area contributed by atoms with Crippen molar-refractivity contribution in [2.45, 2.75) is 39.7 Å². The van der Waals surface area contributed by atoms with Crippen LogP contribution >= 0.6 is 0 Å². The van der Waals surface area contributed by atoms with Crippen molar-refractivity contribution in [3.05, 3.63) is 23.5 Å². The van der Waals surface area contributed by atoms with Crippen molar-refractivity contribution in [2.75, 3.05) is 24.3 Å². The number of benzene rings is 1. The molecule has 0 heterocycles. The van der Waals surface area contributed by atoms with Crippen LogP contribution in [0.25, 0.3) is 0 Å². The first-order valence-electron chi connectivity index (χ1n) is 6.95. The van der Waals surface area contributed by atoms with Crippen LogP contribution in [0, 0.1) is 5.82 Å². The number of nitrogens with zero attached hydrogens (tertiary/aromatic N) is 1. The lowest BCUT2D eigenvalue weighted by Gasteiger charge is -2.29. The summed E-state index contributed by atoms with van der Waals surface area (Å²) >= 11 is 0. The fraction of sp³-hybridized carbons (Fsp3) is 0.533. The number of hydrogen-bond acceptors (Lipinski definition) is 4. The predicted octanol–water partition coefficient (Wildman–Crippen LogP) is 3.21. The second-order valence-electron chi connectivity index (χ2n) is 4.69. The van der Waals surface area contributed by atoms with Gasteiger partial charge in [0.05, 0.1) is 17.9 Å². The largest absolute Gasteiger partial charge is 0.462 e. The number of nitrogens with two attached hydrogens (primary N) is 1. The third kappa shape index (κ3) is 3.40. The van der Waals surface area contributed by atoms with Crippen molar-refractivity contribution in [1.29, 1.82) is 0 Å². The van der Waals surface area contributed by atoms with Crippen molar-refractivity contribution in [1.82, 2.24) is 0 Å². The molecule has 0 radical (unpaired) electrons. The predicted molar refractivity (Wildman–Crippen MR) is 79.5 cm³/mol. The smallest absolute Gasteiger partial charge is 0.340 e. The summed E-state index contributed by atoms with van der Waals surface area (Å²) < 4.78 is 19.0. The highest BCUT2D eigenvalue weighted by Gasteiger charge is 2.20. The Bertz CT molecular complexity index is 473. The number of halogens is 1. The van der Waals surface area contributed by atoms with Gasteiger partial charge in [-0.3, -0.25) is 0 Å². The van der Waals surface area contributed by atoms with Crippen LogP contribution in [-0.4, -0.2) is 25.7 Å². The molecule has 1 aromatic carbocycles. The zero-order valence-electron chi connectivity index (χ0n) is 12.6. The summed E-state index contributed by atoms with van der Waals surface area (Å²) in [6.45, 7) is 6.07. The molecule has 112 valence electrons. The van der Waals surface area contributed by atoms with Gasteiger partial charge in [-0.1, -0.05) is 13.8 Å². The van der Waals surface area contributed by atoms with E-state index < -0.39 is 11.8 Å². The molecule has 0 aliphatic heterocycles. The van der Waals surface area contributed by atoms with Crippen LogP contribution in [0.1, 0.15) is 44.0 Å². The van der Waals surface area contributed by atoms with E-state index in [0.29, 0.717) is 5.69 Å². The van der Waals surface area contributed by atoms with Crippen LogP contribution in [0.2, 0.25) is 0 Å². The summed E-state index contributed by atoms with van der Waals surface area (Å²) in [5, 5.41) is 0. The van der Waals surface area contributed by atoms with Crippen molar-refractivity contribution in [3.8, 4) is 0 Å². The summed E-state index contributed by atoms with van der Waals surface area (Å²) in [6.07, 6.45) is 1.79. The van der Waals surface area contributed by atoms with Gasteiger partial charge in [-0.2, -0.15) is 0 Å². The fourth-order valence-corrected chi connectivity index (χ4v) is 2.27. The van der Waals surface area contributed by atoms with E-state index in [4.69, 9.17) is 10.5 Å². The van der Waals surface area contributed by atoms with E-state index in [1.807, 2.05) is 25.8 Å². The lowest BCUT2D eigenvalue weighted by Crippen LogP contribution is -2.31. The maximum atomic E-state index is 14.1. The van der Waals surface area contributed by atoms with Gasteiger partial charge < -0.3 is 15.4 Å². The first-order chi connectivity index (χ1) is 9.46. The molecule has 0 spiro atoms. The maximum absolute atomic E-state index is 14.1. The highest BCUT2D eigenvalue weighted by atomic mass is 19.1. The van der Waals surface area contributed by atoms with Crippen LogP contribution in [-0.2, 0) is 4.74 Å². The Morgan fingerprint density at radius 2 is 1.95 bits per heavy atom. The summed E-state index contributed by atoms with van der Waals surface area (Å²) in [4.78, 5) is 13.7. The molecule has 1 aromatic rings. The zero-order chi connectivity index (χ0) is 15.3. The number of carbonyl (C=O) groups is 1. The van der Waals surface area contributed by atoms with E-state index >= 15 is 0 Å². The Morgan fingerprint density at radius 3 is 2.45 bits per heavy atom. The molecule has 1 rings (SSSR count). The van der Waals surface area contributed by atoms with E-state index in [1.165, 1.54) is 12.1 Å². The molecule has 0 fully saturated rings. The van der Waals surface area contributed by atoms with Gasteiger partial charge in [0.2, 0.25) is 0 Å². The molecule has 0 bridgehead atoms. The molecular formula is C15H23FN2O2. The minimum absolute atomic E-state index is 0.0997. The number of ether oxygens (including phenoxy) is 1. The monoisotopic (exact) mass is 282 g/mol. The van der Waals surface area contributed by atoms with Crippen LogP contribution in [0.15, 0.2) is 12.1 Å². The SMILES string of the molecule is CCOC(=O)c1cc(N(C)C(CC)CC)c(F)cc1N. The van der Waals surface area contributed by atoms with E-state index in [9.17, 15) is 9.18 Å². The molecule has 0 atom stereocenters. The summed E-state index contributed by atoms with van der Waals surface area (Å²) in [5.41, 5.74) is 6.38. The van der Waals surface area contributed by atoms with Crippen molar-refractivity contribution in [3.63, 3.8) is 0 Å². The van der Waals surface area contributed by atoms with Gasteiger partial charge >= 0.3 is 5.97 Å². The molecular weight excluding hydrogens is 259 g/mol. The van der Waals surface area contributed by atoms with Crippen LogP contribution in [0.4, 0.5) is 15.8 Å². The first-order valence-corrected chi connectivity index (χ1v) is 6.95. The molecule has 0 amide bonds. The van der Waals surface area contributed by atoms with Crippen LogP contribution < -0.4 is 10.6 Å². The number of hydrogen-bond donors (Lipinski definition) is 1. The van der Waals surface area contributed by atoms with Gasteiger partial charge in [-0.05, 0) is 31.9 Å². The van der Waals surface area contributed by atoms with Gasteiger partial charge in [0, 0.05) is 18.8 Å². The van der Waals surface area contributed by atoms with Crippen molar-refractivity contribution in [2.24, 2.45) is 0 Å². The number of rotatable bonds is 6. The second-order valence-corrected chi connectivity index (χ2v) is 4.69. The van der Waals surface area contributed by atoms with Gasteiger partial charge in [0.1, 0.15) is 5.82 Å². The Kier molecular flexibility index (Phi) is 5.80. The highest BCUT2D eigenvalue weighted by Crippen LogP contribution is 2.28. The number of esters is 1. The quantitative estimate of drug-likeness (QED) is 0.643. The molecule has 5 heteroatoms. The average Bonchev–Trinajstić information content (AvgIpc) is 2.40. The summed E-state index contributed by atoms with van der Waals surface area (Å²) in [7, 11) is 1.82. The first kappa shape index (κ1) is 16.3. The van der Waals surface area contributed by atoms with E-state index in [2.05, 4.69) is 0 Å². The van der Waals surface area contributed by atoms with Gasteiger partial charge in [0.25, 0.3) is 0 Å². The minimum Gasteiger partial charge on any atom is -0.462 e. The molecule has 20 heavy (non-hydrogen) atoms. The van der Waals surface area contributed by atoms with Crippen molar-refractivity contribution < 1.29 is 13.9 Å².